The first-order chi connectivity index (χ1) is 11.5. The average molecular weight is 365 g/mol. The summed E-state index contributed by atoms with van der Waals surface area (Å²) in [4.78, 5) is 1.86. The van der Waals surface area contributed by atoms with Crippen molar-refractivity contribution >= 4 is 5.69 Å². The highest BCUT2D eigenvalue weighted by molar-refractivity contribution is 5.61. The molecule has 1 aliphatic heterocycles. The molecule has 0 bridgehead atoms. The quantitative estimate of drug-likeness (QED) is 0.553. The number of benzene rings is 1. The van der Waals surface area contributed by atoms with Crippen LogP contribution in [0.1, 0.15) is 23.5 Å². The Balaban J connectivity index is 2.20. The zero-order valence-corrected chi connectivity index (χ0v) is 13.6. The summed E-state index contributed by atoms with van der Waals surface area (Å²) in [7, 11) is 2.22. The van der Waals surface area contributed by atoms with E-state index in [1.807, 2.05) is 17.1 Å². The Kier molecular flexibility index (Phi) is 4.09. The highest BCUT2D eigenvalue weighted by Gasteiger charge is 2.73. The van der Waals surface area contributed by atoms with Gasteiger partial charge in [0.1, 0.15) is 0 Å². The number of rotatable bonds is 2. The van der Waals surface area contributed by atoms with E-state index in [1.165, 1.54) is 6.07 Å². The lowest BCUT2D eigenvalue weighted by Gasteiger charge is -2.39. The van der Waals surface area contributed by atoms with Crippen molar-refractivity contribution in [3.63, 3.8) is 0 Å². The van der Waals surface area contributed by atoms with E-state index in [0.717, 1.165) is 18.6 Å². The molecule has 0 amide bonds. The second-order valence-corrected chi connectivity index (χ2v) is 6.48. The molecule has 25 heavy (non-hydrogen) atoms. The molecule has 8 heteroatoms. The van der Waals surface area contributed by atoms with Gasteiger partial charge in [-0.3, -0.25) is 0 Å². The van der Waals surface area contributed by atoms with Crippen molar-refractivity contribution in [1.29, 1.82) is 0 Å². The van der Waals surface area contributed by atoms with Crippen LogP contribution in [0.3, 0.4) is 0 Å². The van der Waals surface area contributed by atoms with E-state index in [9.17, 15) is 26.3 Å². The lowest BCUT2D eigenvalue weighted by molar-refractivity contribution is -0.383. The van der Waals surface area contributed by atoms with E-state index < -0.39 is 23.5 Å². The fourth-order valence-corrected chi connectivity index (χ4v) is 3.92. The number of hydrogen-bond donors (Lipinski definition) is 0. The maximum absolute atomic E-state index is 13.5. The Bertz CT molecular complexity index is 679. The molecule has 0 radical (unpaired) electrons. The zero-order valence-electron chi connectivity index (χ0n) is 13.6. The van der Waals surface area contributed by atoms with E-state index in [4.69, 9.17) is 0 Å². The zero-order chi connectivity index (χ0) is 18.6. The highest BCUT2D eigenvalue weighted by Crippen LogP contribution is 2.54. The van der Waals surface area contributed by atoms with Crippen LogP contribution in [-0.2, 0) is 10.3 Å². The third-order valence-electron chi connectivity index (χ3n) is 5.11. The van der Waals surface area contributed by atoms with Gasteiger partial charge in [-0.15, -0.1) is 0 Å². The van der Waals surface area contributed by atoms with Gasteiger partial charge in [-0.25, -0.2) is 0 Å². The molecule has 0 fully saturated rings. The van der Waals surface area contributed by atoms with Gasteiger partial charge in [0, 0.05) is 37.9 Å². The van der Waals surface area contributed by atoms with Crippen molar-refractivity contribution < 1.29 is 31.1 Å². The maximum atomic E-state index is 13.5. The SMILES string of the molecule is COC(c1ccc2c(c1)C1C=CCC1CN2C)(C(F)(F)F)C(F)(F)F. The molecule has 2 atom stereocenters. The van der Waals surface area contributed by atoms with Crippen molar-refractivity contribution in [1.82, 2.24) is 0 Å². The average Bonchev–Trinajstić information content (AvgIpc) is 2.94. The molecule has 2 unspecified atom stereocenters. The Morgan fingerprint density at radius 3 is 2.28 bits per heavy atom. The Labute approximate surface area is 141 Å². The summed E-state index contributed by atoms with van der Waals surface area (Å²) in [6, 6.07) is 3.18. The fourth-order valence-electron chi connectivity index (χ4n) is 3.92. The molecule has 2 nitrogen and oxygen atoms in total. The Hall–Kier alpha value is -1.70. The lowest BCUT2D eigenvalue weighted by Crippen LogP contribution is -2.55. The molecule has 0 spiro atoms. The topological polar surface area (TPSA) is 12.5 Å². The molecule has 138 valence electrons. The maximum Gasteiger partial charge on any atom is 0.430 e. The number of fused-ring (bicyclic) bond motifs is 3. The molecular weight excluding hydrogens is 348 g/mol. The van der Waals surface area contributed by atoms with E-state index in [-0.39, 0.29) is 11.8 Å². The summed E-state index contributed by atoms with van der Waals surface area (Å²) in [5.74, 6) is -0.0244. The van der Waals surface area contributed by atoms with Gasteiger partial charge < -0.3 is 9.64 Å². The molecule has 0 aromatic heterocycles. The van der Waals surface area contributed by atoms with Crippen LogP contribution in [0.5, 0.6) is 0 Å². The molecule has 0 saturated heterocycles. The van der Waals surface area contributed by atoms with Gasteiger partial charge >= 0.3 is 12.4 Å². The number of allylic oxidation sites excluding steroid dienone is 2. The van der Waals surface area contributed by atoms with E-state index in [2.05, 4.69) is 4.74 Å². The van der Waals surface area contributed by atoms with Crippen LogP contribution < -0.4 is 4.90 Å². The number of hydrogen-bond acceptors (Lipinski definition) is 2. The molecule has 1 aromatic rings. The molecular formula is C17H17F6NO. The first-order valence-corrected chi connectivity index (χ1v) is 7.73. The van der Waals surface area contributed by atoms with Crippen LogP contribution >= 0.6 is 0 Å². The van der Waals surface area contributed by atoms with E-state index in [1.54, 1.807) is 7.05 Å². The number of alkyl halides is 6. The van der Waals surface area contributed by atoms with Crippen LogP contribution in [0.25, 0.3) is 0 Å². The standard InChI is InChI=1S/C17H17F6NO/c1-24-9-10-4-3-5-12(10)13-8-11(6-7-14(13)24)15(25-2,16(18,19)20)17(21,22)23/h3,5-8,10,12H,4,9H2,1-2H3. The molecule has 2 aliphatic rings. The van der Waals surface area contributed by atoms with Gasteiger partial charge in [0.25, 0.3) is 5.60 Å². The van der Waals surface area contributed by atoms with Crippen molar-refractivity contribution in [3.05, 3.63) is 41.5 Å². The van der Waals surface area contributed by atoms with Crippen molar-refractivity contribution in [3.8, 4) is 0 Å². The fraction of sp³-hybridized carbons (Fsp3) is 0.529. The number of anilines is 1. The van der Waals surface area contributed by atoms with Crippen LogP contribution in [0.15, 0.2) is 30.4 Å². The Morgan fingerprint density at radius 2 is 1.72 bits per heavy atom. The van der Waals surface area contributed by atoms with E-state index in [0.29, 0.717) is 24.9 Å². The van der Waals surface area contributed by atoms with Crippen molar-refractivity contribution in [2.24, 2.45) is 5.92 Å². The first kappa shape index (κ1) is 18.1. The van der Waals surface area contributed by atoms with Crippen LogP contribution in [-0.4, -0.2) is 33.1 Å². The minimum Gasteiger partial charge on any atom is -0.374 e. The summed E-state index contributed by atoms with van der Waals surface area (Å²) < 4.78 is 84.9. The second-order valence-electron chi connectivity index (χ2n) is 6.48. The normalized spacial score (nSPS) is 23.6. The molecule has 0 N–H and O–H groups in total. The predicted octanol–water partition coefficient (Wildman–Crippen LogP) is 4.76. The largest absolute Gasteiger partial charge is 0.430 e. The Morgan fingerprint density at radius 1 is 1.08 bits per heavy atom. The minimum atomic E-state index is -5.64. The summed E-state index contributed by atoms with van der Waals surface area (Å²) >= 11 is 0. The van der Waals surface area contributed by atoms with Gasteiger partial charge in [-0.1, -0.05) is 18.2 Å². The molecule has 1 aromatic carbocycles. The summed E-state index contributed by atoms with van der Waals surface area (Å²) in [5.41, 5.74) is -4.17. The minimum absolute atomic E-state index is 0.154. The number of methoxy groups -OCH3 is 1. The molecule has 3 rings (SSSR count). The molecule has 0 saturated carbocycles. The monoisotopic (exact) mass is 365 g/mol. The molecule has 1 heterocycles. The summed E-state index contributed by atoms with van der Waals surface area (Å²) in [5, 5.41) is 0. The smallest absolute Gasteiger partial charge is 0.374 e. The van der Waals surface area contributed by atoms with Gasteiger partial charge in [-0.05, 0) is 30.0 Å². The van der Waals surface area contributed by atoms with Crippen molar-refractivity contribution in [2.45, 2.75) is 30.3 Å². The van der Waals surface area contributed by atoms with Crippen LogP contribution in [0.2, 0.25) is 0 Å². The van der Waals surface area contributed by atoms with Crippen molar-refractivity contribution in [2.75, 3.05) is 25.6 Å². The summed E-state index contributed by atoms with van der Waals surface area (Å²) in [6.45, 7) is 0.706. The van der Waals surface area contributed by atoms with Gasteiger partial charge in [0.2, 0.25) is 0 Å². The first-order valence-electron chi connectivity index (χ1n) is 7.73. The summed E-state index contributed by atoms with van der Waals surface area (Å²) in [6.07, 6.45) is -6.75. The van der Waals surface area contributed by atoms with E-state index >= 15 is 0 Å². The lowest BCUT2D eigenvalue weighted by atomic mass is 9.80. The predicted molar refractivity (Wildman–Crippen MR) is 80.5 cm³/mol. The van der Waals surface area contributed by atoms with Gasteiger partial charge in [-0.2, -0.15) is 26.3 Å². The number of nitrogens with zero attached hydrogens (tertiary/aromatic N) is 1. The van der Waals surface area contributed by atoms with Gasteiger partial charge in [0.05, 0.1) is 0 Å². The highest BCUT2D eigenvalue weighted by atomic mass is 19.4. The van der Waals surface area contributed by atoms with Crippen LogP contribution in [0, 0.1) is 5.92 Å². The number of halogens is 6. The van der Waals surface area contributed by atoms with Gasteiger partial charge in [0.15, 0.2) is 0 Å². The second kappa shape index (κ2) is 5.65. The third-order valence-corrected chi connectivity index (χ3v) is 5.11. The van der Waals surface area contributed by atoms with Crippen LogP contribution in [0.4, 0.5) is 32.0 Å². The third kappa shape index (κ3) is 2.53. The number of ether oxygens (including phenoxy) is 1. The molecule has 1 aliphatic carbocycles.